The van der Waals surface area contributed by atoms with Gasteiger partial charge in [0.2, 0.25) is 5.43 Å². The molecule has 0 bridgehead atoms. The number of aryl methyl sites for hydroxylation is 1. The van der Waals surface area contributed by atoms with Crippen LogP contribution in [-0.2, 0) is 6.54 Å². The van der Waals surface area contributed by atoms with Gasteiger partial charge in [0, 0.05) is 24.2 Å². The summed E-state index contributed by atoms with van der Waals surface area (Å²) < 4.78 is 20.3. The van der Waals surface area contributed by atoms with E-state index in [2.05, 4.69) is 23.6 Å². The number of nitrogens with zero attached hydrogens (tertiary/aromatic N) is 1. The van der Waals surface area contributed by atoms with Crippen molar-refractivity contribution in [3.8, 4) is 28.5 Å². The first-order valence-electron chi connectivity index (χ1n) is 16.8. The van der Waals surface area contributed by atoms with Gasteiger partial charge in [0.05, 0.1) is 36.4 Å². The zero-order valence-electron chi connectivity index (χ0n) is 26.8. The quantitative estimate of drug-likeness (QED) is 0.111. The van der Waals surface area contributed by atoms with Crippen LogP contribution in [0.25, 0.3) is 22.2 Å². The molecule has 0 saturated heterocycles. The van der Waals surface area contributed by atoms with Crippen LogP contribution in [0, 0.1) is 0 Å². The summed E-state index contributed by atoms with van der Waals surface area (Å²) >= 11 is 0. The van der Waals surface area contributed by atoms with E-state index in [-0.39, 0.29) is 5.43 Å². The molecule has 3 rings (SSSR count). The minimum absolute atomic E-state index is 0.130. The summed E-state index contributed by atoms with van der Waals surface area (Å²) in [5.74, 6) is 1.66. The van der Waals surface area contributed by atoms with Crippen LogP contribution < -0.4 is 19.6 Å². The van der Waals surface area contributed by atoms with E-state index >= 15 is 0 Å². The molecule has 5 heteroatoms. The Kier molecular flexibility index (Phi) is 15.4. The largest absolute Gasteiger partial charge is 0.494 e. The van der Waals surface area contributed by atoms with Crippen LogP contribution in [-0.4, -0.2) is 24.4 Å². The van der Waals surface area contributed by atoms with Gasteiger partial charge >= 0.3 is 0 Å². The van der Waals surface area contributed by atoms with E-state index in [0.717, 1.165) is 36.2 Å². The summed E-state index contributed by atoms with van der Waals surface area (Å²) in [5, 5.41) is 0.564. The minimum atomic E-state index is -0.130. The van der Waals surface area contributed by atoms with Gasteiger partial charge < -0.3 is 18.8 Å². The number of hydrogen-bond acceptors (Lipinski definition) is 4. The van der Waals surface area contributed by atoms with Gasteiger partial charge in [-0.2, -0.15) is 0 Å². The highest BCUT2D eigenvalue weighted by Crippen LogP contribution is 2.37. The van der Waals surface area contributed by atoms with Crippen LogP contribution in [0.2, 0.25) is 0 Å². The van der Waals surface area contributed by atoms with E-state index in [1.807, 2.05) is 51.1 Å². The number of benzene rings is 2. The lowest BCUT2D eigenvalue weighted by Crippen LogP contribution is -2.18. The molecule has 232 valence electrons. The van der Waals surface area contributed by atoms with E-state index < -0.39 is 0 Å². The zero-order valence-corrected chi connectivity index (χ0v) is 26.8. The molecule has 5 nitrogen and oxygen atoms in total. The van der Waals surface area contributed by atoms with E-state index in [9.17, 15) is 4.79 Å². The predicted molar refractivity (Wildman–Crippen MR) is 177 cm³/mol. The summed E-state index contributed by atoms with van der Waals surface area (Å²) in [5.41, 5.74) is 2.52. The van der Waals surface area contributed by atoms with Crippen molar-refractivity contribution in [2.75, 3.05) is 19.8 Å². The normalized spacial score (nSPS) is 11.2. The Labute approximate surface area is 254 Å². The third-order valence-electron chi connectivity index (χ3n) is 7.95. The summed E-state index contributed by atoms with van der Waals surface area (Å²) in [6.45, 7) is 10.3. The molecule has 2 aromatic carbocycles. The molecule has 0 N–H and O–H groups in total. The molecular weight excluding hydrogens is 522 g/mol. The monoisotopic (exact) mass is 577 g/mol. The molecule has 0 aliphatic carbocycles. The lowest BCUT2D eigenvalue weighted by molar-refractivity contribution is 0.324. The first-order valence-corrected chi connectivity index (χ1v) is 16.8. The van der Waals surface area contributed by atoms with Gasteiger partial charge in [-0.25, -0.2) is 0 Å². The van der Waals surface area contributed by atoms with Gasteiger partial charge in [0.25, 0.3) is 0 Å². The topological polar surface area (TPSA) is 49.7 Å². The number of rotatable bonds is 22. The highest BCUT2D eigenvalue weighted by molar-refractivity contribution is 5.91. The Morgan fingerprint density at radius 2 is 1.17 bits per heavy atom. The van der Waals surface area contributed by atoms with Crippen molar-refractivity contribution in [3.63, 3.8) is 0 Å². The molecule has 0 aliphatic heterocycles. The van der Waals surface area contributed by atoms with Crippen LogP contribution in [0.15, 0.2) is 47.3 Å². The number of aromatic nitrogens is 1. The highest BCUT2D eigenvalue weighted by atomic mass is 16.5. The number of fused-ring (bicyclic) bond motifs is 1. The van der Waals surface area contributed by atoms with Crippen molar-refractivity contribution >= 4 is 10.9 Å². The maximum atomic E-state index is 14.0. The fraction of sp³-hybridized carbons (Fsp3) is 0.595. The van der Waals surface area contributed by atoms with Gasteiger partial charge in [-0.3, -0.25) is 4.79 Å². The van der Waals surface area contributed by atoms with E-state index in [0.29, 0.717) is 42.5 Å². The summed E-state index contributed by atoms with van der Waals surface area (Å²) in [6.07, 6.45) is 18.5. The van der Waals surface area contributed by atoms with Crippen LogP contribution in [0.1, 0.15) is 118 Å². The number of hydrogen-bond donors (Lipinski definition) is 0. The van der Waals surface area contributed by atoms with Gasteiger partial charge in [-0.1, -0.05) is 121 Å². The lowest BCUT2D eigenvalue weighted by atomic mass is 10.0. The second-order valence-corrected chi connectivity index (χ2v) is 11.2. The van der Waals surface area contributed by atoms with E-state index in [4.69, 9.17) is 14.2 Å². The molecule has 42 heavy (non-hydrogen) atoms. The molecule has 3 aromatic rings. The Hall–Kier alpha value is -2.95. The number of pyridine rings is 1. The third-order valence-corrected chi connectivity index (χ3v) is 7.95. The highest BCUT2D eigenvalue weighted by Gasteiger charge is 2.23. The van der Waals surface area contributed by atoms with Crippen LogP contribution in [0.4, 0.5) is 0 Å². The van der Waals surface area contributed by atoms with Gasteiger partial charge in [-0.05, 0) is 27.2 Å². The number of ether oxygens (including phenoxy) is 3. The molecule has 1 aromatic heterocycles. The second-order valence-electron chi connectivity index (χ2n) is 11.2. The first-order chi connectivity index (χ1) is 20.7. The molecule has 1 heterocycles. The Morgan fingerprint density at radius 3 is 1.71 bits per heavy atom. The molecule has 0 aliphatic rings. The fourth-order valence-corrected chi connectivity index (χ4v) is 5.86. The van der Waals surface area contributed by atoms with Crippen molar-refractivity contribution < 1.29 is 14.2 Å². The third kappa shape index (κ3) is 9.81. The summed E-state index contributed by atoms with van der Waals surface area (Å²) in [7, 11) is 0. The van der Waals surface area contributed by atoms with Gasteiger partial charge in [-0.15, -0.1) is 0 Å². The SMILES string of the molecule is CCCCCCCCCCCCCCCCn1c(-c2ccccc2)c(OCC)c(=O)c2c(OCC)cc(OCC)cc21. The summed E-state index contributed by atoms with van der Waals surface area (Å²) in [6, 6.07) is 14.0. The van der Waals surface area contributed by atoms with Crippen LogP contribution in [0.3, 0.4) is 0 Å². The molecule has 0 spiro atoms. The zero-order chi connectivity index (χ0) is 30.0. The molecule has 0 radical (unpaired) electrons. The molecule has 0 amide bonds. The van der Waals surface area contributed by atoms with Gasteiger partial charge in [0.15, 0.2) is 5.75 Å². The predicted octanol–water partition coefficient (Wildman–Crippen LogP) is 10.3. The molecule has 0 unspecified atom stereocenters. The van der Waals surface area contributed by atoms with Crippen LogP contribution in [0.5, 0.6) is 17.2 Å². The van der Waals surface area contributed by atoms with Crippen molar-refractivity contribution in [2.24, 2.45) is 0 Å². The van der Waals surface area contributed by atoms with Gasteiger partial charge in [0.1, 0.15) is 11.5 Å². The van der Waals surface area contributed by atoms with E-state index in [1.54, 1.807) is 0 Å². The minimum Gasteiger partial charge on any atom is -0.494 e. The smallest absolute Gasteiger partial charge is 0.235 e. The van der Waals surface area contributed by atoms with Crippen molar-refractivity contribution in [1.82, 2.24) is 4.57 Å². The van der Waals surface area contributed by atoms with Crippen LogP contribution >= 0.6 is 0 Å². The second kappa shape index (κ2) is 19.3. The summed E-state index contributed by atoms with van der Waals surface area (Å²) in [4.78, 5) is 14.0. The molecule has 0 atom stereocenters. The van der Waals surface area contributed by atoms with Crippen molar-refractivity contribution in [1.29, 1.82) is 0 Å². The Balaban J connectivity index is 1.75. The maximum Gasteiger partial charge on any atom is 0.235 e. The first kappa shape index (κ1) is 33.6. The van der Waals surface area contributed by atoms with Crippen molar-refractivity contribution in [2.45, 2.75) is 124 Å². The fourth-order valence-electron chi connectivity index (χ4n) is 5.86. The van der Waals surface area contributed by atoms with Crippen molar-refractivity contribution in [3.05, 3.63) is 52.7 Å². The molecule has 0 saturated carbocycles. The molecule has 0 fully saturated rings. The average Bonchev–Trinajstić information content (AvgIpc) is 3.00. The Bertz CT molecular complexity index is 1230. The average molecular weight is 578 g/mol. The number of unbranched alkanes of at least 4 members (excludes halogenated alkanes) is 13. The maximum absolute atomic E-state index is 14.0. The molecular formula is C37H55NO4. The Morgan fingerprint density at radius 1 is 0.619 bits per heavy atom. The van der Waals surface area contributed by atoms with E-state index in [1.165, 1.54) is 77.0 Å². The standard InChI is InChI=1S/C37H55NO4/c1-5-9-10-11-12-13-14-15-16-17-18-19-20-24-27-38-32-28-31(40-6-2)29-33(41-7-3)34(32)36(39)37(42-8-4)35(38)30-25-22-21-23-26-30/h21-23,25-26,28-29H,5-20,24,27H2,1-4H3. The lowest BCUT2D eigenvalue weighted by Gasteiger charge is -2.22.